The van der Waals surface area contributed by atoms with E-state index in [1.54, 1.807) is 0 Å². The van der Waals surface area contributed by atoms with Crippen molar-refractivity contribution >= 4 is 16.8 Å². The van der Waals surface area contributed by atoms with Gasteiger partial charge in [-0.3, -0.25) is 4.79 Å². The molecule has 0 aliphatic rings. The number of hydrogen-bond acceptors (Lipinski definition) is 1. The molecule has 0 amide bonds. The Balaban J connectivity index is 0.000000318. The molecule has 0 radical (unpaired) electrons. The number of hydrogen-bond donors (Lipinski definition) is 0. The van der Waals surface area contributed by atoms with Gasteiger partial charge in [0.25, 0.3) is 0 Å². The average Bonchev–Trinajstić information content (AvgIpc) is 2.91. The molecule has 0 saturated carbocycles. The molecule has 0 fully saturated rings. The predicted molar refractivity (Wildman–Crippen MR) is 63.3 cm³/mol. The number of halogens is 1. The van der Waals surface area contributed by atoms with E-state index in [1.165, 1.54) is 5.56 Å². The Bertz CT molecular complexity index is 334. The van der Waals surface area contributed by atoms with Gasteiger partial charge >= 0.3 is 17.1 Å². The quantitative estimate of drug-likeness (QED) is 0.476. The summed E-state index contributed by atoms with van der Waals surface area (Å²) in [5.74, 6) is 0. The Morgan fingerprint density at radius 3 is 2.25 bits per heavy atom. The minimum Gasteiger partial charge on any atom is -0.281 e. The number of carbonyl (C=O) groups excluding carboxylic acids is 1. The van der Waals surface area contributed by atoms with E-state index in [4.69, 9.17) is 11.6 Å². The molecular formula is C13H13ClFeO. The zero-order valence-electron chi connectivity index (χ0n) is 8.75. The van der Waals surface area contributed by atoms with E-state index in [1.807, 2.05) is 54.6 Å². The maximum atomic E-state index is 10.3. The molecule has 1 nitrogen and oxygen atoms in total. The molecule has 2 aromatic rings. The molecule has 0 N–H and O–H groups in total. The Morgan fingerprint density at radius 2 is 1.88 bits per heavy atom. The molecular weight excluding hydrogens is 263 g/mol. The van der Waals surface area contributed by atoms with E-state index in [0.717, 1.165) is 6.42 Å². The van der Waals surface area contributed by atoms with Gasteiger partial charge in [-0.15, -0.1) is 0 Å². The summed E-state index contributed by atoms with van der Waals surface area (Å²) in [6.07, 6.45) is 1.20. The molecule has 0 heterocycles. The van der Waals surface area contributed by atoms with Crippen molar-refractivity contribution < 1.29 is 21.9 Å². The molecule has 0 unspecified atom stereocenters. The van der Waals surface area contributed by atoms with Gasteiger partial charge in [0.05, 0.1) is 0 Å². The van der Waals surface area contributed by atoms with Gasteiger partial charge in [-0.2, -0.15) is 42.0 Å². The van der Waals surface area contributed by atoms with Crippen molar-refractivity contribution in [3.8, 4) is 0 Å². The molecule has 0 aromatic heterocycles. The first-order chi connectivity index (χ1) is 7.29. The summed E-state index contributed by atoms with van der Waals surface area (Å²) in [6, 6.07) is 17.9. The summed E-state index contributed by atoms with van der Waals surface area (Å²) < 4.78 is 0. The van der Waals surface area contributed by atoms with Crippen LogP contribution in [0.3, 0.4) is 0 Å². The minimum absolute atomic E-state index is 0. The van der Waals surface area contributed by atoms with Crippen LogP contribution in [-0.4, -0.2) is 5.24 Å². The first kappa shape index (κ1) is 15.2. The van der Waals surface area contributed by atoms with Crippen LogP contribution in [0.15, 0.2) is 54.6 Å². The number of rotatable bonds is 3. The van der Waals surface area contributed by atoms with Crippen molar-refractivity contribution in [2.45, 2.75) is 12.8 Å². The van der Waals surface area contributed by atoms with Gasteiger partial charge in [-0.05, 0) is 11.6 Å². The third kappa shape index (κ3) is 7.47. The topological polar surface area (TPSA) is 17.1 Å². The summed E-state index contributed by atoms with van der Waals surface area (Å²) in [5, 5.41) is -0.263. The van der Waals surface area contributed by atoms with Gasteiger partial charge in [0.1, 0.15) is 0 Å². The van der Waals surface area contributed by atoms with Crippen molar-refractivity contribution in [1.29, 1.82) is 0 Å². The minimum atomic E-state index is -0.263. The standard InChI is InChI=1S/C8H8ClO.C5H5.Fe/c9-8(10)6-5-7-3-1-2-4-7;1-2-4-5-3-1;/h1-4H,5-6H2;1-5H;/q2*-1;+2. The van der Waals surface area contributed by atoms with Crippen LogP contribution in [0, 0.1) is 0 Å². The Labute approximate surface area is 112 Å². The van der Waals surface area contributed by atoms with E-state index in [0.29, 0.717) is 6.42 Å². The van der Waals surface area contributed by atoms with Gasteiger partial charge in [-0.1, -0.05) is 6.42 Å². The molecule has 0 aliphatic heterocycles. The molecule has 2 aromatic carbocycles. The zero-order valence-corrected chi connectivity index (χ0v) is 10.6. The van der Waals surface area contributed by atoms with E-state index in [-0.39, 0.29) is 22.3 Å². The fourth-order valence-electron chi connectivity index (χ4n) is 1.14. The van der Waals surface area contributed by atoms with E-state index in [9.17, 15) is 4.79 Å². The number of carbonyl (C=O) groups is 1. The normalized spacial score (nSPS) is 8.56. The summed E-state index contributed by atoms with van der Waals surface area (Å²) in [4.78, 5) is 10.3. The maximum Gasteiger partial charge on any atom is 2.00 e. The average molecular weight is 277 g/mol. The van der Waals surface area contributed by atoms with Gasteiger partial charge < -0.3 is 0 Å². The Kier molecular flexibility index (Phi) is 8.93. The SMILES string of the molecule is O=C(Cl)CCc1cc[cH-]c1.[Fe+2].c1cc[cH-]c1. The van der Waals surface area contributed by atoms with Crippen LogP contribution in [-0.2, 0) is 28.3 Å². The summed E-state index contributed by atoms with van der Waals surface area (Å²) in [6.45, 7) is 0. The van der Waals surface area contributed by atoms with E-state index >= 15 is 0 Å². The van der Waals surface area contributed by atoms with Crippen molar-refractivity contribution in [3.05, 3.63) is 60.2 Å². The molecule has 3 heteroatoms. The largest absolute Gasteiger partial charge is 2.00 e. The van der Waals surface area contributed by atoms with Crippen LogP contribution in [0.5, 0.6) is 0 Å². The smallest absolute Gasteiger partial charge is 0.281 e. The second-order valence-corrected chi connectivity index (χ2v) is 3.53. The van der Waals surface area contributed by atoms with Crippen LogP contribution in [0.4, 0.5) is 0 Å². The number of aryl methyl sites for hydroxylation is 1. The fourth-order valence-corrected chi connectivity index (χ4v) is 1.24. The molecule has 0 aliphatic carbocycles. The molecule has 0 spiro atoms. The molecule has 2 rings (SSSR count). The first-order valence-corrected chi connectivity index (χ1v) is 5.22. The third-order valence-electron chi connectivity index (χ3n) is 1.90. The summed E-state index contributed by atoms with van der Waals surface area (Å²) in [7, 11) is 0. The second kappa shape index (κ2) is 9.41. The Hall–Kier alpha value is -0.821. The van der Waals surface area contributed by atoms with Gasteiger partial charge in [0, 0.05) is 6.42 Å². The van der Waals surface area contributed by atoms with Crippen LogP contribution in [0.1, 0.15) is 12.0 Å². The van der Waals surface area contributed by atoms with Gasteiger partial charge in [-0.25, -0.2) is 18.2 Å². The zero-order chi connectivity index (χ0) is 10.9. The van der Waals surface area contributed by atoms with E-state index < -0.39 is 0 Å². The van der Waals surface area contributed by atoms with Crippen molar-refractivity contribution in [2.24, 2.45) is 0 Å². The van der Waals surface area contributed by atoms with Crippen LogP contribution in [0.2, 0.25) is 0 Å². The molecule has 16 heavy (non-hydrogen) atoms. The summed E-state index contributed by atoms with van der Waals surface area (Å²) in [5.41, 5.74) is 1.18. The monoisotopic (exact) mass is 276 g/mol. The molecule has 0 saturated heterocycles. The fraction of sp³-hybridized carbons (Fsp3) is 0.154. The first-order valence-electron chi connectivity index (χ1n) is 4.84. The second-order valence-electron chi connectivity index (χ2n) is 3.11. The molecule has 86 valence electrons. The predicted octanol–water partition coefficient (Wildman–Crippen LogP) is 3.51. The summed E-state index contributed by atoms with van der Waals surface area (Å²) >= 11 is 5.16. The van der Waals surface area contributed by atoms with Crippen molar-refractivity contribution in [1.82, 2.24) is 0 Å². The van der Waals surface area contributed by atoms with E-state index in [2.05, 4.69) is 0 Å². The van der Waals surface area contributed by atoms with Crippen molar-refractivity contribution in [2.75, 3.05) is 0 Å². The maximum absolute atomic E-state index is 10.3. The molecule has 0 bridgehead atoms. The molecule has 0 atom stereocenters. The van der Waals surface area contributed by atoms with Gasteiger partial charge in [0.2, 0.25) is 5.24 Å². The van der Waals surface area contributed by atoms with Crippen LogP contribution in [0.25, 0.3) is 0 Å². The van der Waals surface area contributed by atoms with Gasteiger partial charge in [0.15, 0.2) is 0 Å². The van der Waals surface area contributed by atoms with Crippen LogP contribution < -0.4 is 0 Å². The third-order valence-corrected chi connectivity index (χ3v) is 2.09. The van der Waals surface area contributed by atoms with Crippen LogP contribution >= 0.6 is 11.6 Å². The Morgan fingerprint density at radius 1 is 1.19 bits per heavy atom. The van der Waals surface area contributed by atoms with Crippen molar-refractivity contribution in [3.63, 3.8) is 0 Å².